The molecule has 5 nitrogen and oxygen atoms in total. The van der Waals surface area contributed by atoms with E-state index in [2.05, 4.69) is 12.1 Å². The SMILES string of the molecule is N#Cc1ccc(N2CCC(c3ccc(OCCCC4OC=CO4)cc3)CC2)cc1C(F)(F)F. The molecule has 0 radical (unpaired) electrons. The fraction of sp³-hybridized carbons (Fsp3) is 0.400. The number of anilines is 1. The number of hydrogen-bond donors (Lipinski definition) is 0. The lowest BCUT2D eigenvalue weighted by atomic mass is 9.89. The summed E-state index contributed by atoms with van der Waals surface area (Å²) >= 11 is 0. The van der Waals surface area contributed by atoms with Crippen molar-refractivity contribution in [2.45, 2.75) is 44.1 Å². The zero-order valence-electron chi connectivity index (χ0n) is 18.1. The molecule has 0 bridgehead atoms. The summed E-state index contributed by atoms with van der Waals surface area (Å²) in [7, 11) is 0. The Hall–Kier alpha value is -3.34. The van der Waals surface area contributed by atoms with Crippen LogP contribution in [0.3, 0.4) is 0 Å². The van der Waals surface area contributed by atoms with Crippen LogP contribution in [0, 0.1) is 11.3 Å². The fourth-order valence-electron chi connectivity index (χ4n) is 4.22. The number of benzene rings is 2. The van der Waals surface area contributed by atoms with Gasteiger partial charge in [-0.05, 0) is 61.1 Å². The lowest BCUT2D eigenvalue weighted by molar-refractivity contribution is -0.137. The second kappa shape index (κ2) is 10.1. The Morgan fingerprint density at radius 3 is 2.36 bits per heavy atom. The van der Waals surface area contributed by atoms with E-state index >= 15 is 0 Å². The molecule has 2 aromatic rings. The zero-order chi connectivity index (χ0) is 23.3. The number of ether oxygens (including phenoxy) is 3. The third-order valence-electron chi connectivity index (χ3n) is 6.01. The third-order valence-corrected chi connectivity index (χ3v) is 6.01. The van der Waals surface area contributed by atoms with Gasteiger partial charge in [-0.15, -0.1) is 0 Å². The summed E-state index contributed by atoms with van der Waals surface area (Å²) in [5, 5.41) is 8.98. The van der Waals surface area contributed by atoms with Gasteiger partial charge in [0.15, 0.2) is 0 Å². The number of alkyl halides is 3. The van der Waals surface area contributed by atoms with Crippen LogP contribution in [-0.2, 0) is 15.7 Å². The van der Waals surface area contributed by atoms with Crippen molar-refractivity contribution in [3.63, 3.8) is 0 Å². The van der Waals surface area contributed by atoms with Crippen molar-refractivity contribution < 1.29 is 27.4 Å². The van der Waals surface area contributed by atoms with Gasteiger partial charge in [-0.25, -0.2) is 0 Å². The molecule has 2 aliphatic heterocycles. The molecule has 0 amide bonds. The van der Waals surface area contributed by atoms with E-state index in [1.54, 1.807) is 24.7 Å². The average Bonchev–Trinajstić information content (AvgIpc) is 3.35. The minimum atomic E-state index is -4.54. The monoisotopic (exact) mass is 458 g/mol. The van der Waals surface area contributed by atoms with Crippen LogP contribution in [0.5, 0.6) is 5.75 Å². The normalized spacial score (nSPS) is 16.8. The Labute approximate surface area is 191 Å². The van der Waals surface area contributed by atoms with Crippen LogP contribution < -0.4 is 9.64 Å². The van der Waals surface area contributed by atoms with Crippen LogP contribution in [0.2, 0.25) is 0 Å². The van der Waals surface area contributed by atoms with Gasteiger partial charge in [0.05, 0.1) is 23.8 Å². The molecular weight excluding hydrogens is 433 g/mol. The number of rotatable bonds is 7. The van der Waals surface area contributed by atoms with Crippen molar-refractivity contribution in [3.05, 3.63) is 71.7 Å². The molecule has 2 heterocycles. The first kappa shape index (κ1) is 22.8. The maximum atomic E-state index is 13.3. The van der Waals surface area contributed by atoms with Crippen molar-refractivity contribution in [2.24, 2.45) is 0 Å². The molecule has 2 aliphatic rings. The topological polar surface area (TPSA) is 54.7 Å². The Kier molecular flexibility index (Phi) is 6.97. The van der Waals surface area contributed by atoms with Gasteiger partial charge in [-0.3, -0.25) is 0 Å². The summed E-state index contributed by atoms with van der Waals surface area (Å²) in [4.78, 5) is 1.96. The lowest BCUT2D eigenvalue weighted by Gasteiger charge is -2.34. The molecule has 8 heteroatoms. The van der Waals surface area contributed by atoms with Crippen molar-refractivity contribution >= 4 is 5.69 Å². The summed E-state index contributed by atoms with van der Waals surface area (Å²) in [6.45, 7) is 1.89. The highest BCUT2D eigenvalue weighted by molar-refractivity contribution is 5.55. The molecule has 0 spiro atoms. The number of nitrogens with zero attached hydrogens (tertiary/aromatic N) is 2. The van der Waals surface area contributed by atoms with Crippen LogP contribution in [0.15, 0.2) is 55.0 Å². The first-order valence-electron chi connectivity index (χ1n) is 11.0. The maximum absolute atomic E-state index is 13.3. The first-order chi connectivity index (χ1) is 15.9. The van der Waals surface area contributed by atoms with Crippen LogP contribution in [0.4, 0.5) is 18.9 Å². The number of piperidine rings is 1. The van der Waals surface area contributed by atoms with Gasteiger partial charge in [-0.1, -0.05) is 12.1 Å². The Morgan fingerprint density at radius 2 is 1.73 bits per heavy atom. The van der Waals surface area contributed by atoms with E-state index in [0.29, 0.717) is 31.3 Å². The molecule has 2 aromatic carbocycles. The predicted molar refractivity (Wildman–Crippen MR) is 117 cm³/mol. The fourth-order valence-corrected chi connectivity index (χ4v) is 4.22. The van der Waals surface area contributed by atoms with Crippen LogP contribution in [0.1, 0.15) is 48.3 Å². The largest absolute Gasteiger partial charge is 0.494 e. The second-order valence-corrected chi connectivity index (χ2v) is 8.13. The third kappa shape index (κ3) is 5.72. The molecule has 0 saturated carbocycles. The smallest absolute Gasteiger partial charge is 0.417 e. The molecule has 0 aromatic heterocycles. The van der Waals surface area contributed by atoms with Gasteiger partial charge in [-0.2, -0.15) is 18.4 Å². The number of nitriles is 1. The summed E-state index contributed by atoms with van der Waals surface area (Å²) < 4.78 is 56.1. The van der Waals surface area contributed by atoms with E-state index in [-0.39, 0.29) is 11.9 Å². The minimum absolute atomic E-state index is 0.217. The quantitative estimate of drug-likeness (QED) is 0.479. The molecular formula is C25H25F3N2O3. The van der Waals surface area contributed by atoms with Gasteiger partial charge in [0.25, 0.3) is 0 Å². The number of hydrogen-bond acceptors (Lipinski definition) is 5. The Morgan fingerprint density at radius 1 is 1.03 bits per heavy atom. The average molecular weight is 458 g/mol. The van der Waals surface area contributed by atoms with Crippen molar-refractivity contribution in [3.8, 4) is 11.8 Å². The molecule has 0 atom stereocenters. The molecule has 33 heavy (non-hydrogen) atoms. The summed E-state index contributed by atoms with van der Waals surface area (Å²) in [6, 6.07) is 13.6. The van der Waals surface area contributed by atoms with Crippen LogP contribution >= 0.6 is 0 Å². The zero-order valence-corrected chi connectivity index (χ0v) is 18.1. The minimum Gasteiger partial charge on any atom is -0.494 e. The van der Waals surface area contributed by atoms with Gasteiger partial charge < -0.3 is 19.1 Å². The molecule has 1 fully saturated rings. The van der Waals surface area contributed by atoms with Crippen molar-refractivity contribution in [1.82, 2.24) is 0 Å². The molecule has 0 aliphatic carbocycles. The highest BCUT2D eigenvalue weighted by Crippen LogP contribution is 2.36. The van der Waals surface area contributed by atoms with Gasteiger partial charge in [0, 0.05) is 25.2 Å². The van der Waals surface area contributed by atoms with E-state index in [4.69, 9.17) is 19.5 Å². The van der Waals surface area contributed by atoms with Crippen molar-refractivity contribution in [1.29, 1.82) is 5.26 Å². The molecule has 1 saturated heterocycles. The van der Waals surface area contributed by atoms with E-state index in [1.165, 1.54) is 11.6 Å². The van der Waals surface area contributed by atoms with E-state index in [0.717, 1.165) is 37.5 Å². The maximum Gasteiger partial charge on any atom is 0.417 e. The second-order valence-electron chi connectivity index (χ2n) is 8.13. The van der Waals surface area contributed by atoms with Crippen molar-refractivity contribution in [2.75, 3.05) is 24.6 Å². The molecule has 174 valence electrons. The Bertz CT molecular complexity index is 999. The van der Waals surface area contributed by atoms with E-state index in [1.807, 2.05) is 17.0 Å². The van der Waals surface area contributed by atoms with E-state index < -0.39 is 11.7 Å². The highest BCUT2D eigenvalue weighted by Gasteiger charge is 2.34. The van der Waals surface area contributed by atoms with Crippen LogP contribution in [0.25, 0.3) is 0 Å². The molecule has 4 rings (SSSR count). The predicted octanol–water partition coefficient (Wildman–Crippen LogP) is 5.96. The molecule has 0 N–H and O–H groups in total. The summed E-state index contributed by atoms with van der Waals surface area (Å²) in [5.74, 6) is 1.15. The standard InChI is InChI=1S/C25H25F3N2O3/c26-25(27,28)23-16-21(6-3-20(23)17-29)30-11-9-19(10-12-30)18-4-7-22(8-5-18)31-13-1-2-24-32-14-15-33-24/h3-8,14-16,19,24H,1-2,9-13H2. The molecule has 0 unspecified atom stereocenters. The summed E-state index contributed by atoms with van der Waals surface area (Å²) in [5.41, 5.74) is 0.491. The Balaban J connectivity index is 1.28. The van der Waals surface area contributed by atoms with Gasteiger partial charge in [0.1, 0.15) is 18.3 Å². The first-order valence-corrected chi connectivity index (χ1v) is 11.0. The lowest BCUT2D eigenvalue weighted by Crippen LogP contribution is -2.33. The van der Waals surface area contributed by atoms with Crippen LogP contribution in [-0.4, -0.2) is 26.0 Å². The van der Waals surface area contributed by atoms with Gasteiger partial charge in [0.2, 0.25) is 6.29 Å². The highest BCUT2D eigenvalue weighted by atomic mass is 19.4. The van der Waals surface area contributed by atoms with Gasteiger partial charge >= 0.3 is 6.18 Å². The van der Waals surface area contributed by atoms with E-state index in [9.17, 15) is 13.2 Å². The number of halogens is 3. The summed E-state index contributed by atoms with van der Waals surface area (Å²) in [6.07, 6.45) is 1.58.